The third kappa shape index (κ3) is 6.87. The van der Waals surface area contributed by atoms with Gasteiger partial charge in [0.1, 0.15) is 12.4 Å². The summed E-state index contributed by atoms with van der Waals surface area (Å²) in [4.78, 5) is 28.0. The maximum atomic E-state index is 13.7. The highest BCUT2D eigenvalue weighted by molar-refractivity contribution is 5.90. The summed E-state index contributed by atoms with van der Waals surface area (Å²) in [5.41, 5.74) is 3.61. The molecule has 2 N–H and O–H groups in total. The van der Waals surface area contributed by atoms with Crippen LogP contribution < -0.4 is 15.5 Å². The zero-order valence-corrected chi connectivity index (χ0v) is 22.4. The maximum Gasteiger partial charge on any atom is 0.257 e. The molecular formula is C27H34F3N7O2. The number of alkyl halides is 2. The SMILES string of the molecule is CCNCCNC(=O)CN(CC(=O)N(C)N1Cc2ccc(F)cc2C1)c1cc2c(cnn2CC(F)F)cc1C. The van der Waals surface area contributed by atoms with Crippen molar-refractivity contribution >= 4 is 28.4 Å². The Morgan fingerprint density at radius 2 is 1.87 bits per heavy atom. The lowest BCUT2D eigenvalue weighted by Crippen LogP contribution is -2.48. The van der Waals surface area contributed by atoms with Gasteiger partial charge in [-0.2, -0.15) is 5.10 Å². The minimum Gasteiger partial charge on any atom is -0.353 e. The molecule has 0 radical (unpaired) electrons. The van der Waals surface area contributed by atoms with E-state index in [1.165, 1.54) is 28.0 Å². The molecule has 2 amide bonds. The largest absolute Gasteiger partial charge is 0.353 e. The van der Waals surface area contributed by atoms with Crippen molar-refractivity contribution in [2.75, 3.05) is 44.7 Å². The van der Waals surface area contributed by atoms with Gasteiger partial charge in [-0.25, -0.2) is 18.2 Å². The van der Waals surface area contributed by atoms with E-state index in [1.807, 2.05) is 24.9 Å². The number of hydrogen-bond acceptors (Lipinski definition) is 6. The summed E-state index contributed by atoms with van der Waals surface area (Å²) in [6.45, 7) is 5.68. The standard InChI is InChI=1S/C27H34F3N7O2/c1-4-31-7-8-32-26(38)16-35(23-11-24-20(9-18(23)2)12-33-37(24)15-25(29)30)17-27(39)34(3)36-13-19-5-6-22(28)10-21(19)14-36/h5-6,9-12,25,31H,4,7-8,13-17H2,1-3H3,(H,32,38). The summed E-state index contributed by atoms with van der Waals surface area (Å²) >= 11 is 0. The van der Waals surface area contributed by atoms with Gasteiger partial charge in [-0.1, -0.05) is 13.0 Å². The minimum absolute atomic E-state index is 0.105. The van der Waals surface area contributed by atoms with Crippen LogP contribution in [0.25, 0.3) is 10.9 Å². The van der Waals surface area contributed by atoms with Crippen molar-refractivity contribution in [3.8, 4) is 0 Å². The maximum absolute atomic E-state index is 13.7. The molecule has 0 bridgehead atoms. The second-order valence-electron chi connectivity index (χ2n) is 9.63. The molecule has 2 aromatic carbocycles. The Balaban J connectivity index is 1.56. The summed E-state index contributed by atoms with van der Waals surface area (Å²) in [6.07, 6.45) is -1.05. The Morgan fingerprint density at radius 1 is 1.10 bits per heavy atom. The van der Waals surface area contributed by atoms with Gasteiger partial charge in [0.2, 0.25) is 5.91 Å². The van der Waals surface area contributed by atoms with E-state index in [9.17, 15) is 22.8 Å². The van der Waals surface area contributed by atoms with E-state index >= 15 is 0 Å². The topological polar surface area (TPSA) is 85.7 Å². The van der Waals surface area contributed by atoms with E-state index < -0.39 is 13.0 Å². The van der Waals surface area contributed by atoms with Gasteiger partial charge < -0.3 is 15.5 Å². The van der Waals surface area contributed by atoms with Crippen molar-refractivity contribution in [1.29, 1.82) is 0 Å². The number of amides is 2. The lowest BCUT2D eigenvalue weighted by atomic mass is 10.1. The molecule has 0 saturated heterocycles. The second-order valence-corrected chi connectivity index (χ2v) is 9.63. The van der Waals surface area contributed by atoms with Crippen molar-refractivity contribution in [3.05, 3.63) is 59.0 Å². The number of carbonyl (C=O) groups is 2. The average Bonchev–Trinajstić information content (AvgIpc) is 3.48. The van der Waals surface area contributed by atoms with E-state index in [4.69, 9.17) is 0 Å². The van der Waals surface area contributed by atoms with Crippen LogP contribution in [-0.4, -0.2) is 77.8 Å². The van der Waals surface area contributed by atoms with Crippen LogP contribution in [0.2, 0.25) is 0 Å². The van der Waals surface area contributed by atoms with Gasteiger partial charge in [0.15, 0.2) is 0 Å². The first-order valence-electron chi connectivity index (χ1n) is 12.9. The summed E-state index contributed by atoms with van der Waals surface area (Å²) in [5.74, 6) is -0.870. The molecule has 4 rings (SSSR count). The lowest BCUT2D eigenvalue weighted by Gasteiger charge is -2.32. The van der Waals surface area contributed by atoms with Gasteiger partial charge in [0.25, 0.3) is 12.3 Å². The molecule has 1 aliphatic rings. The first-order chi connectivity index (χ1) is 18.7. The monoisotopic (exact) mass is 545 g/mol. The van der Waals surface area contributed by atoms with E-state index in [0.717, 1.165) is 23.2 Å². The van der Waals surface area contributed by atoms with Crippen LogP contribution in [0.15, 0.2) is 36.5 Å². The highest BCUT2D eigenvalue weighted by Gasteiger charge is 2.28. The normalized spacial score (nSPS) is 13.2. The second kappa shape index (κ2) is 12.5. The number of benzene rings is 2. The molecule has 3 aromatic rings. The number of aromatic nitrogens is 2. The first-order valence-corrected chi connectivity index (χ1v) is 12.9. The zero-order valence-electron chi connectivity index (χ0n) is 22.4. The number of halogens is 3. The molecule has 1 aliphatic heterocycles. The van der Waals surface area contributed by atoms with E-state index in [0.29, 0.717) is 42.8 Å². The summed E-state index contributed by atoms with van der Waals surface area (Å²) in [5, 5.41) is 14.1. The number of aryl methyl sites for hydroxylation is 1. The van der Waals surface area contributed by atoms with Gasteiger partial charge in [0, 0.05) is 44.3 Å². The van der Waals surface area contributed by atoms with Crippen LogP contribution in [0.5, 0.6) is 0 Å². The molecule has 0 atom stereocenters. The summed E-state index contributed by atoms with van der Waals surface area (Å²) in [7, 11) is 1.65. The van der Waals surface area contributed by atoms with E-state index in [1.54, 1.807) is 24.1 Å². The van der Waals surface area contributed by atoms with Crippen LogP contribution in [0.3, 0.4) is 0 Å². The van der Waals surface area contributed by atoms with Crippen molar-refractivity contribution in [1.82, 2.24) is 30.4 Å². The number of rotatable bonds is 12. The molecular weight excluding hydrogens is 511 g/mol. The van der Waals surface area contributed by atoms with Gasteiger partial charge in [0.05, 0.1) is 24.8 Å². The Kier molecular flexibility index (Phi) is 9.08. The molecule has 1 aromatic heterocycles. The Morgan fingerprint density at radius 3 is 2.62 bits per heavy atom. The van der Waals surface area contributed by atoms with Gasteiger partial charge in [-0.3, -0.25) is 19.3 Å². The molecule has 39 heavy (non-hydrogen) atoms. The molecule has 0 saturated carbocycles. The van der Waals surface area contributed by atoms with Crippen molar-refractivity contribution < 1.29 is 22.8 Å². The lowest BCUT2D eigenvalue weighted by molar-refractivity contribution is -0.145. The van der Waals surface area contributed by atoms with Crippen LogP contribution in [0, 0.1) is 12.7 Å². The highest BCUT2D eigenvalue weighted by atomic mass is 19.3. The Hall–Kier alpha value is -3.64. The van der Waals surface area contributed by atoms with Gasteiger partial charge >= 0.3 is 0 Å². The molecule has 2 heterocycles. The molecule has 0 fully saturated rings. The number of nitrogens with zero attached hydrogens (tertiary/aromatic N) is 5. The number of anilines is 1. The quantitative estimate of drug-likeness (QED) is 0.341. The molecule has 0 spiro atoms. The number of nitrogens with one attached hydrogen (secondary N) is 2. The number of likely N-dealkylation sites (N-methyl/N-ethyl adjacent to an activating group) is 2. The van der Waals surface area contributed by atoms with E-state index in [2.05, 4.69) is 15.7 Å². The summed E-state index contributed by atoms with van der Waals surface area (Å²) < 4.78 is 41.2. The van der Waals surface area contributed by atoms with Crippen molar-refractivity contribution in [2.24, 2.45) is 0 Å². The predicted octanol–water partition coefficient (Wildman–Crippen LogP) is 2.67. The fraction of sp³-hybridized carbons (Fsp3) is 0.444. The molecule has 12 heteroatoms. The molecule has 0 unspecified atom stereocenters. The number of carbonyl (C=O) groups excluding carboxylic acids is 2. The third-order valence-corrected chi connectivity index (χ3v) is 6.80. The molecule has 0 aliphatic carbocycles. The van der Waals surface area contributed by atoms with Crippen LogP contribution in [0.1, 0.15) is 23.6 Å². The average molecular weight is 546 g/mol. The van der Waals surface area contributed by atoms with Crippen LogP contribution >= 0.6 is 0 Å². The molecule has 210 valence electrons. The van der Waals surface area contributed by atoms with Gasteiger partial charge in [-0.15, -0.1) is 0 Å². The Bertz CT molecular complexity index is 1330. The minimum atomic E-state index is -2.58. The summed E-state index contributed by atoms with van der Waals surface area (Å²) in [6, 6.07) is 8.11. The zero-order chi connectivity index (χ0) is 28.1. The fourth-order valence-corrected chi connectivity index (χ4v) is 4.75. The number of hydrazine groups is 1. The Labute approximate surface area is 225 Å². The van der Waals surface area contributed by atoms with Crippen molar-refractivity contribution in [3.63, 3.8) is 0 Å². The number of fused-ring (bicyclic) bond motifs is 2. The smallest absolute Gasteiger partial charge is 0.257 e. The third-order valence-electron chi connectivity index (χ3n) is 6.80. The van der Waals surface area contributed by atoms with Crippen LogP contribution in [0.4, 0.5) is 18.9 Å². The first kappa shape index (κ1) is 28.4. The predicted molar refractivity (Wildman–Crippen MR) is 143 cm³/mol. The highest BCUT2D eigenvalue weighted by Crippen LogP contribution is 2.28. The van der Waals surface area contributed by atoms with Crippen molar-refractivity contribution in [2.45, 2.75) is 39.9 Å². The van der Waals surface area contributed by atoms with Gasteiger partial charge in [-0.05, 0) is 54.4 Å². The fourth-order valence-electron chi connectivity index (χ4n) is 4.75. The molecule has 9 nitrogen and oxygen atoms in total. The van der Waals surface area contributed by atoms with E-state index in [-0.39, 0.29) is 30.7 Å². The van der Waals surface area contributed by atoms with Crippen LogP contribution in [-0.2, 0) is 29.2 Å². The number of hydrogen-bond donors (Lipinski definition) is 2.